The van der Waals surface area contributed by atoms with E-state index in [1.165, 1.54) is 12.3 Å². The lowest BCUT2D eigenvalue weighted by molar-refractivity contribution is 0.102. The van der Waals surface area contributed by atoms with Crippen molar-refractivity contribution >= 4 is 23.2 Å². The smallest absolute Gasteiger partial charge is 0.260 e. The second-order valence-electron chi connectivity index (χ2n) is 3.25. The number of halogens is 1. The van der Waals surface area contributed by atoms with Crippen molar-refractivity contribution in [2.45, 2.75) is 6.92 Å². The number of anilines is 1. The molecule has 2 aromatic rings. The molecule has 0 unspecified atom stereocenters. The van der Waals surface area contributed by atoms with Gasteiger partial charge in [-0.05, 0) is 36.7 Å². The van der Waals surface area contributed by atoms with Gasteiger partial charge in [0.2, 0.25) is 5.22 Å². The van der Waals surface area contributed by atoms with E-state index in [1.54, 1.807) is 18.3 Å². The number of carbonyl (C=O) groups is 1. The van der Waals surface area contributed by atoms with Gasteiger partial charge >= 0.3 is 0 Å². The molecular weight excluding hydrogens is 228 g/mol. The van der Waals surface area contributed by atoms with Crippen molar-refractivity contribution in [3.8, 4) is 0 Å². The third-order valence-corrected chi connectivity index (χ3v) is 2.31. The fraction of sp³-hybridized carbons (Fsp3) is 0.0909. The zero-order chi connectivity index (χ0) is 11.5. The molecule has 0 aliphatic heterocycles. The van der Waals surface area contributed by atoms with Crippen LogP contribution in [0.3, 0.4) is 0 Å². The summed E-state index contributed by atoms with van der Waals surface area (Å²) in [7, 11) is 0. The maximum absolute atomic E-state index is 11.7. The van der Waals surface area contributed by atoms with Crippen molar-refractivity contribution in [3.63, 3.8) is 0 Å². The first-order chi connectivity index (χ1) is 7.66. The van der Waals surface area contributed by atoms with Crippen LogP contribution in [0.25, 0.3) is 0 Å². The van der Waals surface area contributed by atoms with Crippen LogP contribution in [0.15, 0.2) is 35.1 Å². The second-order valence-corrected chi connectivity index (χ2v) is 3.59. The lowest BCUT2D eigenvalue weighted by atomic mass is 10.3. The molecule has 2 rings (SSSR count). The monoisotopic (exact) mass is 236 g/mol. The molecule has 0 bridgehead atoms. The van der Waals surface area contributed by atoms with E-state index < -0.39 is 0 Å². The van der Waals surface area contributed by atoms with E-state index in [9.17, 15) is 4.79 Å². The molecular formula is C11H9ClN2O2. The Bertz CT molecular complexity index is 522. The topological polar surface area (TPSA) is 55.1 Å². The number of nitrogens with zero attached hydrogens (tertiary/aromatic N) is 1. The van der Waals surface area contributed by atoms with Gasteiger partial charge in [-0.25, -0.2) is 0 Å². The summed E-state index contributed by atoms with van der Waals surface area (Å²) in [6.45, 7) is 1.85. The molecule has 0 saturated carbocycles. The summed E-state index contributed by atoms with van der Waals surface area (Å²) in [6.07, 6.45) is 3.00. The highest BCUT2D eigenvalue weighted by Crippen LogP contribution is 2.18. The van der Waals surface area contributed by atoms with Crippen molar-refractivity contribution in [1.82, 2.24) is 4.98 Å². The number of hydrogen-bond donors (Lipinski definition) is 1. The van der Waals surface area contributed by atoms with Crippen LogP contribution in [-0.4, -0.2) is 10.9 Å². The molecule has 0 radical (unpaired) electrons. The van der Waals surface area contributed by atoms with Crippen molar-refractivity contribution in [2.75, 3.05) is 5.32 Å². The summed E-state index contributed by atoms with van der Waals surface area (Å²) in [5.74, 6) is -0.302. The van der Waals surface area contributed by atoms with Gasteiger partial charge in [0, 0.05) is 17.6 Å². The van der Waals surface area contributed by atoms with Crippen molar-refractivity contribution < 1.29 is 9.21 Å². The number of hydrogen-bond acceptors (Lipinski definition) is 3. The predicted octanol–water partition coefficient (Wildman–Crippen LogP) is 2.89. The van der Waals surface area contributed by atoms with Crippen molar-refractivity contribution in [3.05, 3.63) is 47.1 Å². The van der Waals surface area contributed by atoms with E-state index in [-0.39, 0.29) is 11.1 Å². The minimum Gasteiger partial charge on any atom is -0.452 e. The first kappa shape index (κ1) is 10.7. The molecule has 0 aromatic carbocycles. The second kappa shape index (κ2) is 4.37. The van der Waals surface area contributed by atoms with Crippen LogP contribution in [0, 0.1) is 6.92 Å². The van der Waals surface area contributed by atoms with E-state index in [2.05, 4.69) is 10.3 Å². The lowest BCUT2D eigenvalue weighted by Crippen LogP contribution is -2.11. The number of nitrogens with one attached hydrogen (secondary N) is 1. The van der Waals surface area contributed by atoms with Crippen LogP contribution in [0.2, 0.25) is 5.22 Å². The quantitative estimate of drug-likeness (QED) is 0.872. The highest BCUT2D eigenvalue weighted by molar-refractivity contribution is 6.32. The molecule has 1 amide bonds. The Labute approximate surface area is 97.2 Å². The van der Waals surface area contributed by atoms with Crippen LogP contribution < -0.4 is 5.32 Å². The average Bonchev–Trinajstić information content (AvgIpc) is 2.64. The summed E-state index contributed by atoms with van der Waals surface area (Å²) in [5.41, 5.74) is 1.82. The van der Waals surface area contributed by atoms with Crippen LogP contribution in [0.5, 0.6) is 0 Å². The predicted molar refractivity (Wildman–Crippen MR) is 60.6 cm³/mol. The largest absolute Gasteiger partial charge is 0.452 e. The van der Waals surface area contributed by atoms with E-state index >= 15 is 0 Å². The Balaban J connectivity index is 2.17. The van der Waals surface area contributed by atoms with Gasteiger partial charge in [-0.1, -0.05) is 0 Å². The van der Waals surface area contributed by atoms with Crippen LogP contribution >= 0.6 is 11.6 Å². The summed E-state index contributed by atoms with van der Waals surface area (Å²) in [5, 5.41) is 2.79. The summed E-state index contributed by atoms with van der Waals surface area (Å²) in [6, 6.07) is 5.00. The minimum absolute atomic E-state index is 0.0864. The molecule has 2 heterocycles. The molecule has 4 nitrogen and oxygen atoms in total. The summed E-state index contributed by atoms with van der Waals surface area (Å²) in [4.78, 5) is 15.8. The molecule has 0 atom stereocenters. The van der Waals surface area contributed by atoms with Crippen molar-refractivity contribution in [2.24, 2.45) is 0 Å². The number of aromatic nitrogens is 1. The number of furan rings is 1. The van der Waals surface area contributed by atoms with Crippen LogP contribution in [0.4, 0.5) is 5.69 Å². The molecule has 0 saturated heterocycles. The maximum atomic E-state index is 11.7. The normalized spacial score (nSPS) is 10.1. The molecule has 0 aliphatic rings. The summed E-state index contributed by atoms with van der Waals surface area (Å²) >= 11 is 5.69. The van der Waals surface area contributed by atoms with Gasteiger partial charge in [0.05, 0.1) is 11.8 Å². The third kappa shape index (κ3) is 2.23. The Kier molecular flexibility index (Phi) is 2.92. The third-order valence-electron chi connectivity index (χ3n) is 2.02. The van der Waals surface area contributed by atoms with Crippen LogP contribution in [0.1, 0.15) is 16.1 Å². The molecule has 0 fully saturated rings. The zero-order valence-electron chi connectivity index (χ0n) is 8.53. The summed E-state index contributed by atoms with van der Waals surface area (Å²) < 4.78 is 4.84. The molecule has 16 heavy (non-hydrogen) atoms. The van der Waals surface area contributed by atoms with Crippen molar-refractivity contribution in [1.29, 1.82) is 0 Å². The number of amides is 1. The van der Waals surface area contributed by atoms with Gasteiger partial charge in [-0.3, -0.25) is 9.78 Å². The van der Waals surface area contributed by atoms with E-state index in [0.29, 0.717) is 11.3 Å². The maximum Gasteiger partial charge on any atom is 0.260 e. The number of pyridine rings is 1. The Hall–Kier alpha value is -1.81. The zero-order valence-corrected chi connectivity index (χ0v) is 9.28. The van der Waals surface area contributed by atoms with Gasteiger partial charge < -0.3 is 9.73 Å². The molecule has 82 valence electrons. The van der Waals surface area contributed by atoms with Gasteiger partial charge in [0.15, 0.2) is 0 Å². The fourth-order valence-electron chi connectivity index (χ4n) is 1.28. The van der Waals surface area contributed by atoms with Gasteiger partial charge in [0.25, 0.3) is 5.91 Å². The number of aryl methyl sites for hydroxylation is 1. The average molecular weight is 237 g/mol. The fourth-order valence-corrected chi connectivity index (χ4v) is 1.48. The number of rotatable bonds is 2. The van der Waals surface area contributed by atoms with E-state index in [1.807, 2.05) is 6.92 Å². The lowest BCUT2D eigenvalue weighted by Gasteiger charge is -2.03. The first-order valence-corrected chi connectivity index (χ1v) is 5.01. The first-order valence-electron chi connectivity index (χ1n) is 4.64. The molecule has 0 aliphatic carbocycles. The molecule has 0 spiro atoms. The SMILES string of the molecule is Cc1cc(NC(=O)c2ccoc2Cl)ccn1. The Morgan fingerprint density at radius 3 is 2.94 bits per heavy atom. The number of carbonyl (C=O) groups excluding carboxylic acids is 1. The van der Waals surface area contributed by atoms with Gasteiger partial charge in [-0.15, -0.1) is 0 Å². The highest BCUT2D eigenvalue weighted by atomic mass is 35.5. The van der Waals surface area contributed by atoms with Gasteiger partial charge in [0.1, 0.15) is 0 Å². The minimum atomic E-state index is -0.302. The molecule has 5 heteroatoms. The van der Waals surface area contributed by atoms with Gasteiger partial charge in [-0.2, -0.15) is 0 Å². The Morgan fingerprint density at radius 2 is 2.31 bits per heavy atom. The standard InChI is InChI=1S/C11H9ClN2O2/c1-7-6-8(2-4-13-7)14-11(15)9-3-5-16-10(9)12/h2-6H,1H3,(H,13,14,15). The molecule has 2 aromatic heterocycles. The highest BCUT2D eigenvalue weighted by Gasteiger charge is 2.12. The van der Waals surface area contributed by atoms with E-state index in [0.717, 1.165) is 5.69 Å². The molecule has 1 N–H and O–H groups in total. The van der Waals surface area contributed by atoms with Crippen LogP contribution in [-0.2, 0) is 0 Å². The Morgan fingerprint density at radius 1 is 1.50 bits per heavy atom. The van der Waals surface area contributed by atoms with E-state index in [4.69, 9.17) is 16.0 Å².